The molecule has 0 aliphatic carbocycles. The van der Waals surface area contributed by atoms with Gasteiger partial charge in [0.05, 0.1) is 116 Å². The quantitative estimate of drug-likeness (QED) is 0.0310. The standard InChI is InChI=1S/C70H174O39S9Si16/c1-110(71,72)89-47-35-56-122(16,17)101-132(102-123(18,19)57-36-48-90-111(2,73)74,103-124(20,21)58-37-49-91-112(3,75)76)68-44-65-119(10,11)98-131(34,99-120(12,13)66-45-69-133(104-125(22,23)59-38-50-92-113(4,77)78,105-126(24,25)60-39-51-93-114(5,79)80)106-127(26,27)61-40-52-94-115(6,81)82)100-121(14,15)67-46-70-134(107-128(28,29)62-41-53-95-116(7,83)84,108-129(30,31)63-42-54-96-117(8,85)86)109-130(32,33)64-43-55-97-118(9,87)88/h35-70H2,1-34H3. The summed E-state index contributed by atoms with van der Waals surface area (Å²) in [6.07, 6.45) is 12.8. The van der Waals surface area contributed by atoms with Crippen molar-refractivity contribution < 1.29 is 163 Å². The van der Waals surface area contributed by atoms with Crippen LogP contribution in [0.4, 0.5) is 0 Å². The van der Waals surface area contributed by atoms with Crippen molar-refractivity contribution in [1.82, 2.24) is 0 Å². The van der Waals surface area contributed by atoms with Gasteiger partial charge in [-0.3, -0.25) is 37.6 Å². The van der Waals surface area contributed by atoms with Gasteiger partial charge in [-0.15, -0.1) is 0 Å². The number of hydrogen-bond acceptors (Lipinski definition) is 39. The van der Waals surface area contributed by atoms with Gasteiger partial charge < -0.3 is 49.4 Å². The van der Waals surface area contributed by atoms with Gasteiger partial charge in [0.2, 0.25) is 0 Å². The molecule has 64 heteroatoms. The van der Waals surface area contributed by atoms with Crippen LogP contribution in [0.1, 0.15) is 77.0 Å². The van der Waals surface area contributed by atoms with Gasteiger partial charge in [-0.05, 0) is 307 Å². The summed E-state index contributed by atoms with van der Waals surface area (Å²) in [6, 6.07) is 5.87. The maximum absolute atomic E-state index is 12.3. The first-order valence-electron chi connectivity index (χ1n) is 45.5. The van der Waals surface area contributed by atoms with E-state index in [9.17, 15) is 75.8 Å². The van der Waals surface area contributed by atoms with E-state index < -0.39 is 226 Å². The Morgan fingerprint density at radius 2 is 0.224 bits per heavy atom. The van der Waals surface area contributed by atoms with Crippen LogP contribution in [0.2, 0.25) is 254 Å². The highest BCUT2D eigenvalue weighted by Gasteiger charge is 2.58. The van der Waals surface area contributed by atoms with Crippen molar-refractivity contribution >= 4 is 226 Å². The van der Waals surface area contributed by atoms with Crippen molar-refractivity contribution in [1.29, 1.82) is 0 Å². The molecular weight excluding hydrogens is 2200 g/mol. The van der Waals surface area contributed by atoms with E-state index in [1.54, 1.807) is 0 Å². The SMILES string of the molecule is C[Si](C)(CCC[Si](O[Si](C)(C)CCCOS(C)(=O)=O)(O[Si](C)(C)CCCOS(C)(=O)=O)O[Si](C)(C)CCCOS(C)(=O)=O)O[Si](C)(O[Si](C)(C)CCC[Si](O[Si](C)(C)CCCOS(C)(=O)=O)(O[Si](C)(C)CCCOS(C)(=O)=O)O[Si](C)(C)CCCOS(C)(=O)=O)O[Si](C)(C)CCC[Si](O[Si](C)(C)CCCOS(C)(=O)=O)(O[Si](C)(C)CCCOS(C)(=O)=O)O[Si](C)(C)CCCOS(C)(=O)=O. The molecule has 0 aromatic carbocycles. The molecule has 0 radical (unpaired) electrons. The third kappa shape index (κ3) is 74.1. The fraction of sp³-hybridized carbons (Fsp3) is 1.00. The van der Waals surface area contributed by atoms with Gasteiger partial charge in [0.1, 0.15) is 0 Å². The van der Waals surface area contributed by atoms with Crippen molar-refractivity contribution in [3.8, 4) is 0 Å². The largest absolute Gasteiger partial charge is 0.469 e. The maximum atomic E-state index is 12.3. The van der Waals surface area contributed by atoms with Crippen LogP contribution >= 0.6 is 0 Å². The molecule has 806 valence electrons. The Morgan fingerprint density at radius 3 is 0.321 bits per heavy atom. The molecule has 0 amide bonds. The maximum Gasteiger partial charge on any atom is 0.469 e. The van der Waals surface area contributed by atoms with Gasteiger partial charge in [0.25, 0.3) is 91.1 Å². The van der Waals surface area contributed by atoms with Crippen LogP contribution in [0.5, 0.6) is 0 Å². The summed E-state index contributed by atoms with van der Waals surface area (Å²) in [7, 11) is -86.8. The van der Waals surface area contributed by atoms with Crippen LogP contribution < -0.4 is 0 Å². The van der Waals surface area contributed by atoms with Crippen LogP contribution in [-0.2, 0) is 178 Å². The molecule has 0 unspecified atom stereocenters. The minimum Gasteiger partial charge on any atom is -0.417 e. The molecule has 0 bridgehead atoms. The molecule has 0 heterocycles. The molecule has 0 rings (SSSR count). The molecule has 134 heavy (non-hydrogen) atoms. The van der Waals surface area contributed by atoms with Crippen LogP contribution in [0.25, 0.3) is 0 Å². The second-order valence-corrected chi connectivity index (χ2v) is 123. The van der Waals surface area contributed by atoms with Crippen LogP contribution in [-0.4, -0.2) is 327 Å². The van der Waals surface area contributed by atoms with Crippen LogP contribution in [0.15, 0.2) is 0 Å². The van der Waals surface area contributed by atoms with Crippen molar-refractivity contribution in [3.63, 3.8) is 0 Å². The van der Waals surface area contributed by atoms with Crippen molar-refractivity contribution in [3.05, 3.63) is 0 Å². The molecule has 0 aliphatic rings. The van der Waals surface area contributed by atoms with E-state index in [0.29, 0.717) is 150 Å². The molecule has 0 spiro atoms. The first-order valence-corrected chi connectivity index (χ1v) is 107. The van der Waals surface area contributed by atoms with Crippen molar-refractivity contribution in [2.24, 2.45) is 0 Å². The molecule has 0 aliphatic heterocycles. The zero-order valence-electron chi connectivity index (χ0n) is 87.1. The van der Waals surface area contributed by atoms with Gasteiger partial charge >= 0.3 is 35.2 Å². The molecule has 0 fully saturated rings. The van der Waals surface area contributed by atoms with E-state index in [1.807, 2.05) is 124 Å². The fourth-order valence-corrected chi connectivity index (χ4v) is 91.3. The molecular formula is C70H174O39S9Si16. The first-order chi connectivity index (χ1) is 59.5. The monoisotopic (exact) mass is 2370 g/mol. The highest BCUT2D eigenvalue weighted by molar-refractivity contribution is 7.87. The van der Waals surface area contributed by atoms with Crippen molar-refractivity contribution in [2.45, 2.75) is 331 Å². The van der Waals surface area contributed by atoms with E-state index in [0.717, 1.165) is 56.3 Å². The Kier molecular flexibility index (Phi) is 56.5. The highest BCUT2D eigenvalue weighted by Crippen LogP contribution is 2.42. The molecule has 0 aromatic rings. The van der Waals surface area contributed by atoms with E-state index in [4.69, 9.17) is 87.0 Å². The molecule has 0 saturated carbocycles. The summed E-state index contributed by atoms with van der Waals surface area (Å²) >= 11 is 0. The Balaban J connectivity index is 9.48. The molecule has 0 saturated heterocycles. The van der Waals surface area contributed by atoms with Gasteiger partial charge in [-0.25, -0.2) is 0 Å². The lowest BCUT2D eigenvalue weighted by Crippen LogP contribution is -2.62. The molecule has 0 atom stereocenters. The van der Waals surface area contributed by atoms with E-state index in [1.165, 1.54) is 0 Å². The normalized spacial score (nSPS) is 15.1. The first kappa shape index (κ1) is 136. The Hall–Kier alpha value is 2.18. The van der Waals surface area contributed by atoms with Gasteiger partial charge in [-0.2, -0.15) is 75.8 Å². The van der Waals surface area contributed by atoms with Crippen molar-refractivity contribution in [2.75, 3.05) is 116 Å². The van der Waals surface area contributed by atoms with E-state index >= 15 is 0 Å². The topological polar surface area (TPSA) is 501 Å². The zero-order chi connectivity index (χ0) is 105. The third-order valence-electron chi connectivity index (χ3n) is 20.0. The third-order valence-corrected chi connectivity index (χ3v) is 89.2. The summed E-state index contributed by atoms with van der Waals surface area (Å²) in [4.78, 5) is 0. The number of rotatable bonds is 81. The van der Waals surface area contributed by atoms with Gasteiger partial charge in [0, 0.05) is 24.7 Å². The average Bonchev–Trinajstić information content (AvgIpc) is 0.794. The lowest BCUT2D eigenvalue weighted by atomic mass is 10.5. The fourth-order valence-electron chi connectivity index (χ4n) is 15.2. The minimum atomic E-state index is -4.07. The van der Waals surface area contributed by atoms with Crippen LogP contribution in [0.3, 0.4) is 0 Å². The lowest BCUT2D eigenvalue weighted by molar-refractivity contribution is 0.240. The molecule has 0 aromatic heterocycles. The number of hydrogen-bond donors (Lipinski definition) is 0. The predicted molar refractivity (Wildman–Crippen MR) is 566 cm³/mol. The smallest absolute Gasteiger partial charge is 0.417 e. The zero-order valence-corrected chi connectivity index (χ0v) is 110. The average molecular weight is 2380 g/mol. The summed E-state index contributed by atoms with van der Waals surface area (Å²) in [5.41, 5.74) is 0. The predicted octanol–water partition coefficient (Wildman–Crippen LogP) is 14.5. The summed E-state index contributed by atoms with van der Waals surface area (Å²) in [5.74, 6) is 0. The van der Waals surface area contributed by atoms with Gasteiger partial charge in [0.15, 0.2) is 99.8 Å². The van der Waals surface area contributed by atoms with E-state index in [-0.39, 0.29) is 77.6 Å². The Morgan fingerprint density at radius 1 is 0.134 bits per heavy atom. The molecule has 0 N–H and O–H groups in total. The second-order valence-electron chi connectivity index (χ2n) is 42.5. The Labute approximate surface area is 828 Å². The summed E-state index contributed by atoms with van der Waals surface area (Å²) in [5, 5.41) is 0. The highest BCUT2D eigenvalue weighted by atomic mass is 32.3. The van der Waals surface area contributed by atoms with E-state index in [2.05, 4.69) is 39.3 Å². The van der Waals surface area contributed by atoms with Gasteiger partial charge in [-0.1, -0.05) is 0 Å². The Bertz CT molecular complexity index is 3790. The summed E-state index contributed by atoms with van der Waals surface area (Å²) in [6.45, 7) is 49.6. The molecule has 39 nitrogen and oxygen atoms in total. The summed E-state index contributed by atoms with van der Waals surface area (Å²) < 4.78 is 359. The minimum absolute atomic E-state index is 0.106. The second kappa shape index (κ2) is 55.6. The van der Waals surface area contributed by atoms with Crippen LogP contribution in [0, 0.1) is 0 Å². The lowest BCUT2D eigenvalue weighted by Gasteiger charge is -2.46.